The van der Waals surface area contributed by atoms with Crippen LogP contribution in [0.4, 0.5) is 0 Å². The van der Waals surface area contributed by atoms with Gasteiger partial charge in [0.2, 0.25) is 0 Å². The molecule has 0 amide bonds. The molecular formula is C19H26ClN5O2. The summed E-state index contributed by atoms with van der Waals surface area (Å²) >= 11 is 5.91. The average Bonchev–Trinajstić information content (AvgIpc) is 3.12. The van der Waals surface area contributed by atoms with Crippen molar-refractivity contribution in [2.24, 2.45) is 5.92 Å². The van der Waals surface area contributed by atoms with E-state index in [1.165, 1.54) is 12.8 Å². The van der Waals surface area contributed by atoms with E-state index in [4.69, 9.17) is 11.6 Å². The first-order chi connectivity index (χ1) is 13.1. The molecule has 146 valence electrons. The van der Waals surface area contributed by atoms with Gasteiger partial charge in [0.05, 0.1) is 18.1 Å². The Bertz CT molecular complexity index is 738. The first-order valence-electron chi connectivity index (χ1n) is 9.78. The third kappa shape index (κ3) is 3.62. The van der Waals surface area contributed by atoms with Gasteiger partial charge in [-0.2, -0.15) is 0 Å². The number of pyridine rings is 1. The van der Waals surface area contributed by atoms with Crippen molar-refractivity contribution >= 4 is 11.6 Å². The van der Waals surface area contributed by atoms with Crippen molar-refractivity contribution in [3.05, 3.63) is 50.7 Å². The Balaban J connectivity index is 1.70. The van der Waals surface area contributed by atoms with Gasteiger partial charge in [-0.1, -0.05) is 31.0 Å². The summed E-state index contributed by atoms with van der Waals surface area (Å²) in [5.41, 5.74) is 1.36. The summed E-state index contributed by atoms with van der Waals surface area (Å²) in [6, 6.07) is 4.16. The van der Waals surface area contributed by atoms with Crippen LogP contribution < -0.4 is 0 Å². The molecule has 0 radical (unpaired) electrons. The van der Waals surface area contributed by atoms with Gasteiger partial charge in [-0.05, 0) is 36.8 Å². The largest absolute Gasteiger partial charge is 0.348 e. The number of rotatable bonds is 5. The summed E-state index contributed by atoms with van der Waals surface area (Å²) < 4.78 is 0. The standard InChI is InChI=1S/C19H26ClN5O2/c1-2-8-22-12-17(25(26)27)19-23(10-14-6-7-18(20)21-9-14)11-15-4-3-5-16(15)24(19)13-22/h6-7,9,15-16H,2-5,8,10-13H2,1H3/t15-,16-/m1/s1. The third-order valence-corrected chi connectivity index (χ3v) is 6.18. The van der Waals surface area contributed by atoms with Gasteiger partial charge in [-0.15, -0.1) is 0 Å². The minimum absolute atomic E-state index is 0.174. The maximum atomic E-state index is 11.9. The highest BCUT2D eigenvalue weighted by molar-refractivity contribution is 6.29. The molecule has 2 aliphatic heterocycles. The van der Waals surface area contributed by atoms with Crippen LogP contribution in [0.3, 0.4) is 0 Å². The highest BCUT2D eigenvalue weighted by atomic mass is 35.5. The fourth-order valence-corrected chi connectivity index (χ4v) is 4.99. The van der Waals surface area contributed by atoms with Crippen molar-refractivity contribution < 1.29 is 4.92 Å². The zero-order chi connectivity index (χ0) is 19.0. The smallest absolute Gasteiger partial charge is 0.300 e. The summed E-state index contributed by atoms with van der Waals surface area (Å²) in [5, 5.41) is 12.4. The van der Waals surface area contributed by atoms with E-state index < -0.39 is 0 Å². The van der Waals surface area contributed by atoms with Crippen LogP contribution in [0.15, 0.2) is 29.8 Å². The zero-order valence-electron chi connectivity index (χ0n) is 15.7. The van der Waals surface area contributed by atoms with Crippen molar-refractivity contribution in [1.82, 2.24) is 19.7 Å². The van der Waals surface area contributed by atoms with E-state index in [1.807, 2.05) is 6.07 Å². The molecule has 7 nitrogen and oxygen atoms in total. The fraction of sp³-hybridized carbons (Fsp3) is 0.632. The maximum Gasteiger partial charge on any atom is 0.300 e. The van der Waals surface area contributed by atoms with E-state index in [9.17, 15) is 10.1 Å². The van der Waals surface area contributed by atoms with Crippen LogP contribution >= 0.6 is 11.6 Å². The quantitative estimate of drug-likeness (QED) is 0.436. The summed E-state index contributed by atoms with van der Waals surface area (Å²) in [7, 11) is 0. The Morgan fingerprint density at radius 2 is 2.22 bits per heavy atom. The van der Waals surface area contributed by atoms with Crippen LogP contribution in [-0.2, 0) is 6.54 Å². The van der Waals surface area contributed by atoms with Crippen molar-refractivity contribution in [2.75, 3.05) is 26.3 Å². The second-order valence-electron chi connectivity index (χ2n) is 7.82. The van der Waals surface area contributed by atoms with Gasteiger partial charge in [-0.3, -0.25) is 15.0 Å². The first-order valence-corrected chi connectivity index (χ1v) is 10.2. The molecule has 1 aliphatic carbocycles. The molecule has 2 atom stereocenters. The molecule has 0 bridgehead atoms. The Kier molecular flexibility index (Phi) is 5.23. The molecule has 3 aliphatic rings. The van der Waals surface area contributed by atoms with Crippen LogP contribution in [0.25, 0.3) is 0 Å². The maximum absolute atomic E-state index is 11.9. The van der Waals surface area contributed by atoms with Crippen molar-refractivity contribution in [3.63, 3.8) is 0 Å². The van der Waals surface area contributed by atoms with Gasteiger partial charge in [0.15, 0.2) is 5.82 Å². The van der Waals surface area contributed by atoms with E-state index in [2.05, 4.69) is 26.6 Å². The van der Waals surface area contributed by atoms with Gasteiger partial charge in [0, 0.05) is 31.9 Å². The second kappa shape index (κ2) is 7.64. The lowest BCUT2D eigenvalue weighted by Crippen LogP contribution is -2.59. The molecule has 27 heavy (non-hydrogen) atoms. The number of fused-ring (bicyclic) bond motifs is 3. The third-order valence-electron chi connectivity index (χ3n) is 5.95. The zero-order valence-corrected chi connectivity index (χ0v) is 16.4. The molecule has 8 heteroatoms. The van der Waals surface area contributed by atoms with E-state index in [0.717, 1.165) is 44.0 Å². The van der Waals surface area contributed by atoms with Crippen molar-refractivity contribution in [1.29, 1.82) is 0 Å². The Morgan fingerprint density at radius 3 is 2.93 bits per heavy atom. The van der Waals surface area contributed by atoms with Crippen molar-refractivity contribution in [3.8, 4) is 0 Å². The number of aromatic nitrogens is 1. The molecule has 0 spiro atoms. The van der Waals surface area contributed by atoms with Crippen molar-refractivity contribution in [2.45, 2.75) is 45.2 Å². The van der Waals surface area contributed by atoms with Crippen LogP contribution in [-0.4, -0.2) is 57.0 Å². The van der Waals surface area contributed by atoms with E-state index >= 15 is 0 Å². The molecule has 1 aromatic rings. The molecular weight excluding hydrogens is 366 g/mol. The molecule has 1 aromatic heterocycles. The number of nitro groups is 1. The number of hydrogen-bond acceptors (Lipinski definition) is 6. The molecule has 0 unspecified atom stereocenters. The Labute approximate surface area is 164 Å². The van der Waals surface area contributed by atoms with E-state index in [0.29, 0.717) is 35.9 Å². The number of halogens is 1. The minimum Gasteiger partial charge on any atom is -0.348 e. The van der Waals surface area contributed by atoms with Crippen LogP contribution in [0, 0.1) is 16.0 Å². The lowest BCUT2D eigenvalue weighted by molar-refractivity contribution is -0.434. The molecule has 0 N–H and O–H groups in total. The average molecular weight is 392 g/mol. The first kappa shape index (κ1) is 18.5. The van der Waals surface area contributed by atoms with E-state index in [1.54, 1.807) is 12.3 Å². The molecule has 1 saturated carbocycles. The highest BCUT2D eigenvalue weighted by Gasteiger charge is 2.46. The predicted molar refractivity (Wildman–Crippen MR) is 103 cm³/mol. The van der Waals surface area contributed by atoms with Gasteiger partial charge < -0.3 is 9.80 Å². The van der Waals surface area contributed by atoms with Gasteiger partial charge in [0.1, 0.15) is 5.15 Å². The lowest BCUT2D eigenvalue weighted by Gasteiger charge is -2.50. The molecule has 2 fully saturated rings. The van der Waals surface area contributed by atoms with Gasteiger partial charge in [0.25, 0.3) is 5.70 Å². The Hall–Kier alpha value is -1.86. The number of nitrogens with zero attached hydrogens (tertiary/aromatic N) is 5. The highest BCUT2D eigenvalue weighted by Crippen LogP contribution is 2.41. The molecule has 1 saturated heterocycles. The van der Waals surface area contributed by atoms with Gasteiger partial charge in [-0.25, -0.2) is 4.98 Å². The topological polar surface area (TPSA) is 65.8 Å². The van der Waals surface area contributed by atoms with Crippen LogP contribution in [0.1, 0.15) is 38.2 Å². The summed E-state index contributed by atoms with van der Waals surface area (Å²) in [5.74, 6) is 1.40. The van der Waals surface area contributed by atoms with Crippen LogP contribution in [0.2, 0.25) is 5.15 Å². The van der Waals surface area contributed by atoms with Crippen LogP contribution in [0.5, 0.6) is 0 Å². The summed E-state index contributed by atoms with van der Waals surface area (Å²) in [4.78, 5) is 22.7. The Morgan fingerprint density at radius 1 is 1.37 bits per heavy atom. The number of hydrogen-bond donors (Lipinski definition) is 0. The minimum atomic E-state index is -0.174. The SMILES string of the molecule is CCCN1CC([N+](=O)[O-])=C2N(Cc3ccc(Cl)nc3)C[C@H]3CCC[C@H]3N2C1. The fourth-order valence-electron chi connectivity index (χ4n) is 4.88. The molecule has 4 rings (SSSR count). The van der Waals surface area contributed by atoms with Gasteiger partial charge >= 0.3 is 0 Å². The lowest BCUT2D eigenvalue weighted by atomic mass is 9.96. The summed E-state index contributed by atoms with van der Waals surface area (Å²) in [6.07, 6.45) is 6.31. The predicted octanol–water partition coefficient (Wildman–Crippen LogP) is 3.15. The molecule has 0 aromatic carbocycles. The second-order valence-corrected chi connectivity index (χ2v) is 8.21. The molecule has 3 heterocycles. The summed E-state index contributed by atoms with van der Waals surface area (Å²) in [6.45, 7) is 5.73. The monoisotopic (exact) mass is 391 g/mol. The van der Waals surface area contributed by atoms with E-state index in [-0.39, 0.29) is 4.92 Å². The normalized spacial score (nSPS) is 25.6.